The Balaban J connectivity index is 2.22. The van der Waals surface area contributed by atoms with Gasteiger partial charge in [-0.1, -0.05) is 13.0 Å². The van der Waals surface area contributed by atoms with E-state index in [9.17, 15) is 0 Å². The molecule has 0 aliphatic heterocycles. The van der Waals surface area contributed by atoms with Crippen LogP contribution in [-0.4, -0.2) is 18.6 Å². The van der Waals surface area contributed by atoms with Gasteiger partial charge in [-0.25, -0.2) is 4.98 Å². The molecule has 1 N–H and O–H groups in total. The Bertz CT molecular complexity index is 570. The first kappa shape index (κ1) is 14.2. The van der Waals surface area contributed by atoms with E-state index in [1.165, 1.54) is 5.56 Å². The van der Waals surface area contributed by atoms with Crippen molar-refractivity contribution >= 4 is 5.82 Å². The van der Waals surface area contributed by atoms with Crippen molar-refractivity contribution < 1.29 is 9.47 Å². The lowest BCUT2D eigenvalue weighted by Crippen LogP contribution is -1.99. The molecular weight excluding hydrogens is 252 g/mol. The summed E-state index contributed by atoms with van der Waals surface area (Å²) in [5, 5.41) is 3.16. The normalized spacial score (nSPS) is 10.2. The van der Waals surface area contributed by atoms with Crippen molar-refractivity contribution in [3.05, 3.63) is 42.1 Å². The fourth-order valence-corrected chi connectivity index (χ4v) is 1.90. The Hall–Kier alpha value is -2.23. The molecule has 0 radical (unpaired) electrons. The molecule has 1 aromatic carbocycles. The molecule has 0 saturated heterocycles. The van der Waals surface area contributed by atoms with Gasteiger partial charge in [0.05, 0.1) is 7.11 Å². The zero-order valence-electron chi connectivity index (χ0n) is 12.1. The van der Waals surface area contributed by atoms with E-state index in [1.807, 2.05) is 37.3 Å². The van der Waals surface area contributed by atoms with E-state index in [0.29, 0.717) is 5.75 Å². The molecule has 0 aliphatic carbocycles. The van der Waals surface area contributed by atoms with Crippen molar-refractivity contribution in [3.8, 4) is 17.2 Å². The lowest BCUT2D eigenvalue weighted by Gasteiger charge is -2.12. The van der Waals surface area contributed by atoms with Crippen LogP contribution >= 0.6 is 0 Å². The van der Waals surface area contributed by atoms with E-state index in [4.69, 9.17) is 9.47 Å². The number of aromatic nitrogens is 1. The fourth-order valence-electron chi connectivity index (χ4n) is 1.90. The van der Waals surface area contributed by atoms with Crippen LogP contribution in [0.25, 0.3) is 0 Å². The SMILES string of the molecule is CCNc1cc(Oc2ccc(CC)cc2OC)ccn1. The minimum absolute atomic E-state index is 0.707. The van der Waals surface area contributed by atoms with Gasteiger partial charge in [0.2, 0.25) is 0 Å². The standard InChI is InChI=1S/C16H20N2O2/c1-4-12-6-7-14(15(10-12)19-3)20-13-8-9-18-16(11-13)17-5-2/h6-11H,4-5H2,1-3H3,(H,17,18). The highest BCUT2D eigenvalue weighted by atomic mass is 16.5. The molecule has 20 heavy (non-hydrogen) atoms. The van der Waals surface area contributed by atoms with Crippen LogP contribution in [0.2, 0.25) is 0 Å². The Labute approximate surface area is 119 Å². The molecule has 0 saturated carbocycles. The molecule has 0 fully saturated rings. The molecule has 2 rings (SSSR count). The maximum absolute atomic E-state index is 5.88. The van der Waals surface area contributed by atoms with Crippen LogP contribution in [0.1, 0.15) is 19.4 Å². The van der Waals surface area contributed by atoms with Gasteiger partial charge >= 0.3 is 0 Å². The van der Waals surface area contributed by atoms with E-state index in [1.54, 1.807) is 13.3 Å². The number of pyridine rings is 1. The Kier molecular flexibility index (Phi) is 4.82. The van der Waals surface area contributed by atoms with Crippen LogP contribution in [0.5, 0.6) is 17.2 Å². The highest BCUT2D eigenvalue weighted by molar-refractivity contribution is 5.47. The van der Waals surface area contributed by atoms with Gasteiger partial charge in [0.15, 0.2) is 11.5 Å². The Morgan fingerprint density at radius 3 is 2.65 bits per heavy atom. The third kappa shape index (κ3) is 3.41. The number of hydrogen-bond donors (Lipinski definition) is 1. The van der Waals surface area contributed by atoms with Crippen molar-refractivity contribution in [2.45, 2.75) is 20.3 Å². The van der Waals surface area contributed by atoms with Gasteiger partial charge in [-0.3, -0.25) is 0 Å². The van der Waals surface area contributed by atoms with Gasteiger partial charge in [0.1, 0.15) is 11.6 Å². The lowest BCUT2D eigenvalue weighted by molar-refractivity contribution is 0.378. The topological polar surface area (TPSA) is 43.4 Å². The second kappa shape index (κ2) is 6.80. The summed E-state index contributed by atoms with van der Waals surface area (Å²) in [6.07, 6.45) is 2.69. The molecule has 0 spiro atoms. The summed E-state index contributed by atoms with van der Waals surface area (Å²) in [4.78, 5) is 4.22. The monoisotopic (exact) mass is 272 g/mol. The highest BCUT2D eigenvalue weighted by Crippen LogP contribution is 2.32. The van der Waals surface area contributed by atoms with Gasteiger partial charge in [-0.15, -0.1) is 0 Å². The molecule has 106 valence electrons. The largest absolute Gasteiger partial charge is 0.493 e. The van der Waals surface area contributed by atoms with Crippen molar-refractivity contribution in [3.63, 3.8) is 0 Å². The third-order valence-electron chi connectivity index (χ3n) is 2.95. The first-order chi connectivity index (χ1) is 9.76. The molecule has 2 aromatic rings. The van der Waals surface area contributed by atoms with Crippen LogP contribution in [0.4, 0.5) is 5.82 Å². The van der Waals surface area contributed by atoms with E-state index < -0.39 is 0 Å². The number of anilines is 1. The zero-order valence-corrected chi connectivity index (χ0v) is 12.1. The molecule has 0 bridgehead atoms. The van der Waals surface area contributed by atoms with Gasteiger partial charge in [-0.05, 0) is 37.1 Å². The summed E-state index contributed by atoms with van der Waals surface area (Å²) in [5.74, 6) is 2.98. The molecule has 0 amide bonds. The maximum atomic E-state index is 5.88. The van der Waals surface area contributed by atoms with E-state index >= 15 is 0 Å². The summed E-state index contributed by atoms with van der Waals surface area (Å²) in [5.41, 5.74) is 1.22. The number of hydrogen-bond acceptors (Lipinski definition) is 4. The minimum atomic E-state index is 0.707. The Morgan fingerprint density at radius 2 is 1.95 bits per heavy atom. The quantitative estimate of drug-likeness (QED) is 0.866. The van der Waals surface area contributed by atoms with Gasteiger partial charge < -0.3 is 14.8 Å². The van der Waals surface area contributed by atoms with E-state index in [2.05, 4.69) is 17.2 Å². The summed E-state index contributed by atoms with van der Waals surface area (Å²) in [7, 11) is 1.65. The van der Waals surface area contributed by atoms with Crippen LogP contribution in [0, 0.1) is 0 Å². The van der Waals surface area contributed by atoms with E-state index in [0.717, 1.165) is 30.3 Å². The van der Waals surface area contributed by atoms with Crippen LogP contribution in [-0.2, 0) is 6.42 Å². The average Bonchev–Trinajstić information content (AvgIpc) is 2.48. The third-order valence-corrected chi connectivity index (χ3v) is 2.95. The Morgan fingerprint density at radius 1 is 1.10 bits per heavy atom. The predicted octanol–water partition coefficient (Wildman–Crippen LogP) is 3.88. The van der Waals surface area contributed by atoms with Crippen LogP contribution < -0.4 is 14.8 Å². The van der Waals surface area contributed by atoms with Gasteiger partial charge in [-0.2, -0.15) is 0 Å². The van der Waals surface area contributed by atoms with E-state index in [-0.39, 0.29) is 0 Å². The number of nitrogens with one attached hydrogen (secondary N) is 1. The van der Waals surface area contributed by atoms with Crippen molar-refractivity contribution in [2.75, 3.05) is 19.0 Å². The number of nitrogens with zero attached hydrogens (tertiary/aromatic N) is 1. The van der Waals surface area contributed by atoms with Crippen LogP contribution in [0.3, 0.4) is 0 Å². The van der Waals surface area contributed by atoms with Crippen molar-refractivity contribution in [2.24, 2.45) is 0 Å². The first-order valence-corrected chi connectivity index (χ1v) is 6.81. The molecule has 1 aromatic heterocycles. The summed E-state index contributed by atoms with van der Waals surface area (Å²) in [6.45, 7) is 4.97. The molecule has 0 atom stereocenters. The first-order valence-electron chi connectivity index (χ1n) is 6.81. The molecular formula is C16H20N2O2. The highest BCUT2D eigenvalue weighted by Gasteiger charge is 2.07. The number of methoxy groups -OCH3 is 1. The number of rotatable bonds is 6. The zero-order chi connectivity index (χ0) is 14.4. The molecule has 4 heteroatoms. The average molecular weight is 272 g/mol. The number of ether oxygens (including phenoxy) is 2. The van der Waals surface area contributed by atoms with Crippen molar-refractivity contribution in [1.82, 2.24) is 4.98 Å². The van der Waals surface area contributed by atoms with Crippen LogP contribution in [0.15, 0.2) is 36.5 Å². The van der Waals surface area contributed by atoms with Gasteiger partial charge in [0, 0.05) is 18.8 Å². The van der Waals surface area contributed by atoms with Crippen molar-refractivity contribution in [1.29, 1.82) is 0 Å². The summed E-state index contributed by atoms with van der Waals surface area (Å²) >= 11 is 0. The minimum Gasteiger partial charge on any atom is -0.493 e. The lowest BCUT2D eigenvalue weighted by atomic mass is 10.1. The number of aryl methyl sites for hydroxylation is 1. The molecule has 4 nitrogen and oxygen atoms in total. The van der Waals surface area contributed by atoms with Gasteiger partial charge in [0.25, 0.3) is 0 Å². The molecule has 0 unspecified atom stereocenters. The summed E-state index contributed by atoms with van der Waals surface area (Å²) in [6, 6.07) is 9.68. The summed E-state index contributed by atoms with van der Waals surface area (Å²) < 4.78 is 11.3. The molecule has 0 aliphatic rings. The predicted molar refractivity (Wildman–Crippen MR) is 80.8 cm³/mol. The molecule has 1 heterocycles. The smallest absolute Gasteiger partial charge is 0.169 e. The second-order valence-corrected chi connectivity index (χ2v) is 4.35. The number of benzene rings is 1. The second-order valence-electron chi connectivity index (χ2n) is 4.35. The fraction of sp³-hybridized carbons (Fsp3) is 0.312. The maximum Gasteiger partial charge on any atom is 0.169 e.